The molecule has 0 aliphatic heterocycles. The predicted molar refractivity (Wildman–Crippen MR) is 108 cm³/mol. The summed E-state index contributed by atoms with van der Waals surface area (Å²) in [7, 11) is 0. The summed E-state index contributed by atoms with van der Waals surface area (Å²) in [6, 6.07) is 15.1. The summed E-state index contributed by atoms with van der Waals surface area (Å²) >= 11 is 0. The summed E-state index contributed by atoms with van der Waals surface area (Å²) in [6.45, 7) is 5.86. The van der Waals surface area contributed by atoms with Crippen LogP contribution < -0.4 is 10.6 Å². The first-order chi connectivity index (χ1) is 13.5. The van der Waals surface area contributed by atoms with Crippen molar-refractivity contribution in [2.24, 2.45) is 0 Å². The first kappa shape index (κ1) is 19.4. The van der Waals surface area contributed by atoms with Crippen molar-refractivity contribution >= 4 is 17.7 Å². The third kappa shape index (κ3) is 4.65. The zero-order valence-corrected chi connectivity index (χ0v) is 16.2. The highest BCUT2D eigenvalue weighted by atomic mass is 16.5. The highest BCUT2D eigenvalue weighted by molar-refractivity contribution is 5.99. The van der Waals surface area contributed by atoms with Gasteiger partial charge >= 0.3 is 0 Å². The molecule has 0 atom stereocenters. The zero-order valence-electron chi connectivity index (χ0n) is 16.2. The van der Waals surface area contributed by atoms with Crippen LogP contribution in [0.15, 0.2) is 53.1 Å². The zero-order chi connectivity index (χ0) is 20.1. The molecule has 2 amide bonds. The molecule has 6 heteroatoms. The fourth-order valence-corrected chi connectivity index (χ4v) is 2.71. The molecular formula is C22H23N3O3. The quantitative estimate of drug-likeness (QED) is 0.683. The molecule has 2 aromatic carbocycles. The number of aryl methyl sites for hydroxylation is 3. The Labute approximate surface area is 163 Å². The number of hydrogen-bond donors (Lipinski definition) is 2. The molecule has 0 aliphatic carbocycles. The van der Waals surface area contributed by atoms with Crippen molar-refractivity contribution in [2.75, 3.05) is 11.9 Å². The topological polar surface area (TPSA) is 84.2 Å². The van der Waals surface area contributed by atoms with E-state index in [0.29, 0.717) is 11.3 Å². The van der Waals surface area contributed by atoms with Crippen LogP contribution in [0.4, 0.5) is 5.88 Å². The molecule has 0 unspecified atom stereocenters. The van der Waals surface area contributed by atoms with Crippen LogP contribution in [0.25, 0.3) is 11.3 Å². The van der Waals surface area contributed by atoms with E-state index in [0.717, 1.165) is 23.1 Å². The molecule has 3 rings (SSSR count). The maximum atomic E-state index is 12.2. The first-order valence-corrected chi connectivity index (χ1v) is 9.17. The predicted octanol–water partition coefficient (Wildman–Crippen LogP) is 3.89. The third-order valence-corrected chi connectivity index (χ3v) is 4.61. The van der Waals surface area contributed by atoms with Gasteiger partial charge < -0.3 is 9.84 Å². The second-order valence-corrected chi connectivity index (χ2v) is 6.66. The lowest BCUT2D eigenvalue weighted by Gasteiger charge is -2.07. The summed E-state index contributed by atoms with van der Waals surface area (Å²) in [6.07, 6.45) is 0.967. The van der Waals surface area contributed by atoms with Crippen molar-refractivity contribution in [1.82, 2.24) is 10.5 Å². The molecule has 0 saturated heterocycles. The Morgan fingerprint density at radius 3 is 2.43 bits per heavy atom. The fourth-order valence-electron chi connectivity index (χ4n) is 2.71. The molecule has 0 saturated carbocycles. The number of carbonyl (C=O) groups excluding carboxylic acids is 2. The lowest BCUT2D eigenvalue weighted by molar-refractivity contribution is -0.115. The number of carbonyl (C=O) groups is 2. The number of anilines is 1. The van der Waals surface area contributed by atoms with E-state index in [-0.39, 0.29) is 24.2 Å². The molecule has 144 valence electrons. The second kappa shape index (κ2) is 8.52. The Bertz CT molecular complexity index is 991. The number of benzene rings is 2. The van der Waals surface area contributed by atoms with Gasteiger partial charge in [0.1, 0.15) is 5.69 Å². The number of rotatable bonds is 6. The fraction of sp³-hybridized carbons (Fsp3) is 0.227. The normalized spacial score (nSPS) is 10.5. The number of nitrogens with one attached hydrogen (secondary N) is 2. The molecule has 0 fully saturated rings. The van der Waals surface area contributed by atoms with Crippen molar-refractivity contribution in [3.05, 3.63) is 70.8 Å². The van der Waals surface area contributed by atoms with Gasteiger partial charge in [0.15, 0.2) is 0 Å². The standard InChI is InChI=1S/C22H23N3O3/c1-4-16-6-9-17(10-7-16)19-12-21(28-25-19)24-20(26)13-23-22(27)18-8-5-14(2)15(3)11-18/h5-12H,4,13H2,1-3H3,(H,23,27)(H,24,26). The summed E-state index contributed by atoms with van der Waals surface area (Å²) < 4.78 is 5.17. The summed E-state index contributed by atoms with van der Waals surface area (Å²) in [4.78, 5) is 24.3. The van der Waals surface area contributed by atoms with Gasteiger partial charge in [-0.25, -0.2) is 0 Å². The van der Waals surface area contributed by atoms with Gasteiger partial charge in [0.25, 0.3) is 5.91 Å². The Balaban J connectivity index is 1.55. The number of nitrogens with zero attached hydrogens (tertiary/aromatic N) is 1. The van der Waals surface area contributed by atoms with E-state index in [1.165, 1.54) is 5.56 Å². The van der Waals surface area contributed by atoms with Crippen LogP contribution in [0.1, 0.15) is 34.0 Å². The van der Waals surface area contributed by atoms with E-state index < -0.39 is 0 Å². The average molecular weight is 377 g/mol. The van der Waals surface area contributed by atoms with Gasteiger partial charge in [0.05, 0.1) is 6.54 Å². The first-order valence-electron chi connectivity index (χ1n) is 9.17. The lowest BCUT2D eigenvalue weighted by atomic mass is 10.1. The molecule has 6 nitrogen and oxygen atoms in total. The van der Waals surface area contributed by atoms with Crippen LogP contribution in [0, 0.1) is 13.8 Å². The van der Waals surface area contributed by atoms with Gasteiger partial charge in [-0.05, 0) is 49.1 Å². The number of aromatic nitrogens is 1. The van der Waals surface area contributed by atoms with Gasteiger partial charge in [0, 0.05) is 17.2 Å². The molecule has 0 radical (unpaired) electrons. The minimum absolute atomic E-state index is 0.160. The second-order valence-electron chi connectivity index (χ2n) is 6.66. The van der Waals surface area contributed by atoms with Crippen molar-refractivity contribution in [3.63, 3.8) is 0 Å². The molecule has 0 aliphatic rings. The third-order valence-electron chi connectivity index (χ3n) is 4.61. The van der Waals surface area contributed by atoms with Gasteiger partial charge in [0.2, 0.25) is 11.8 Å². The summed E-state index contributed by atoms with van der Waals surface area (Å²) in [5.41, 5.74) is 5.44. The van der Waals surface area contributed by atoms with Crippen LogP contribution >= 0.6 is 0 Å². The van der Waals surface area contributed by atoms with E-state index in [1.54, 1.807) is 18.2 Å². The van der Waals surface area contributed by atoms with E-state index in [4.69, 9.17) is 4.52 Å². The monoisotopic (exact) mass is 377 g/mol. The van der Waals surface area contributed by atoms with E-state index in [9.17, 15) is 9.59 Å². The number of amides is 2. The van der Waals surface area contributed by atoms with Gasteiger partial charge in [-0.1, -0.05) is 42.4 Å². The molecule has 3 aromatic rings. The van der Waals surface area contributed by atoms with Crippen molar-refractivity contribution < 1.29 is 14.1 Å². The van der Waals surface area contributed by atoms with E-state index in [2.05, 4.69) is 22.7 Å². The summed E-state index contributed by atoms with van der Waals surface area (Å²) in [5.74, 6) is -0.450. The van der Waals surface area contributed by atoms with E-state index in [1.807, 2.05) is 44.2 Å². The van der Waals surface area contributed by atoms with Crippen LogP contribution in [-0.4, -0.2) is 23.5 Å². The average Bonchev–Trinajstić information content (AvgIpc) is 3.16. The van der Waals surface area contributed by atoms with Gasteiger partial charge in [-0.2, -0.15) is 0 Å². The molecule has 1 aromatic heterocycles. The Morgan fingerprint density at radius 1 is 1.00 bits per heavy atom. The molecule has 0 spiro atoms. The lowest BCUT2D eigenvalue weighted by Crippen LogP contribution is -2.32. The molecule has 1 heterocycles. The van der Waals surface area contributed by atoms with Crippen LogP contribution in [0.5, 0.6) is 0 Å². The Morgan fingerprint density at radius 2 is 1.75 bits per heavy atom. The smallest absolute Gasteiger partial charge is 0.251 e. The number of hydrogen-bond acceptors (Lipinski definition) is 4. The van der Waals surface area contributed by atoms with Crippen LogP contribution in [0.3, 0.4) is 0 Å². The largest absolute Gasteiger partial charge is 0.343 e. The maximum absolute atomic E-state index is 12.2. The molecular weight excluding hydrogens is 354 g/mol. The molecule has 28 heavy (non-hydrogen) atoms. The highest BCUT2D eigenvalue weighted by Gasteiger charge is 2.12. The van der Waals surface area contributed by atoms with Crippen LogP contribution in [0.2, 0.25) is 0 Å². The Kier molecular flexibility index (Phi) is 5.89. The minimum Gasteiger partial charge on any atom is -0.343 e. The highest BCUT2D eigenvalue weighted by Crippen LogP contribution is 2.22. The van der Waals surface area contributed by atoms with Crippen molar-refractivity contribution in [3.8, 4) is 11.3 Å². The Hall–Kier alpha value is -3.41. The van der Waals surface area contributed by atoms with Crippen molar-refractivity contribution in [1.29, 1.82) is 0 Å². The molecule has 0 bridgehead atoms. The van der Waals surface area contributed by atoms with Gasteiger partial charge in [-0.15, -0.1) is 0 Å². The SMILES string of the molecule is CCc1ccc(-c2cc(NC(=O)CNC(=O)c3ccc(C)c(C)c3)on2)cc1. The molecule has 2 N–H and O–H groups in total. The van der Waals surface area contributed by atoms with Crippen molar-refractivity contribution in [2.45, 2.75) is 27.2 Å². The maximum Gasteiger partial charge on any atom is 0.251 e. The minimum atomic E-state index is -0.388. The van der Waals surface area contributed by atoms with E-state index >= 15 is 0 Å². The van der Waals surface area contributed by atoms with Gasteiger partial charge in [-0.3, -0.25) is 14.9 Å². The summed E-state index contributed by atoms with van der Waals surface area (Å²) in [5, 5.41) is 9.18. The van der Waals surface area contributed by atoms with Crippen LogP contribution in [-0.2, 0) is 11.2 Å².